The maximum absolute atomic E-state index is 4.18. The summed E-state index contributed by atoms with van der Waals surface area (Å²) in [6.45, 7) is 9.43. The average molecular weight is 228 g/mol. The summed E-state index contributed by atoms with van der Waals surface area (Å²) in [6, 6.07) is 0. The van der Waals surface area contributed by atoms with Crippen molar-refractivity contribution in [2.24, 2.45) is 0 Å². The minimum atomic E-state index is 0.197. The van der Waals surface area contributed by atoms with E-state index in [9.17, 15) is 0 Å². The molecule has 0 amide bonds. The predicted octanol–water partition coefficient (Wildman–Crippen LogP) is 1.36. The molecule has 1 aromatic rings. The van der Waals surface area contributed by atoms with Gasteiger partial charge in [-0.15, -0.1) is 0 Å². The van der Waals surface area contributed by atoms with Gasteiger partial charge in [0, 0.05) is 25.2 Å². The SMILES string of the molecule is CN(CCNC(C)(C)C)Cc1cnsn1. The Labute approximate surface area is 96.0 Å². The summed E-state index contributed by atoms with van der Waals surface area (Å²) in [7, 11) is 2.10. The lowest BCUT2D eigenvalue weighted by atomic mass is 10.1. The van der Waals surface area contributed by atoms with Gasteiger partial charge in [0.25, 0.3) is 0 Å². The van der Waals surface area contributed by atoms with E-state index in [1.165, 1.54) is 11.7 Å². The largest absolute Gasteiger partial charge is 0.311 e. The quantitative estimate of drug-likeness (QED) is 0.826. The van der Waals surface area contributed by atoms with Gasteiger partial charge in [-0.25, -0.2) is 0 Å². The van der Waals surface area contributed by atoms with Crippen molar-refractivity contribution in [3.05, 3.63) is 11.9 Å². The Morgan fingerprint density at radius 1 is 1.47 bits per heavy atom. The summed E-state index contributed by atoms with van der Waals surface area (Å²) in [6.07, 6.45) is 1.83. The van der Waals surface area contributed by atoms with Crippen molar-refractivity contribution in [1.82, 2.24) is 19.0 Å². The highest BCUT2D eigenvalue weighted by atomic mass is 32.1. The lowest BCUT2D eigenvalue weighted by Gasteiger charge is -2.23. The van der Waals surface area contributed by atoms with Gasteiger partial charge < -0.3 is 5.32 Å². The minimum absolute atomic E-state index is 0.197. The second-order valence-corrected chi connectivity index (χ2v) is 5.37. The van der Waals surface area contributed by atoms with E-state index in [0.29, 0.717) is 0 Å². The molecule has 0 aliphatic carbocycles. The summed E-state index contributed by atoms with van der Waals surface area (Å²) >= 11 is 1.27. The third-order valence-corrected chi connectivity index (χ3v) is 2.50. The molecule has 0 radical (unpaired) electrons. The molecule has 1 aromatic heterocycles. The number of likely N-dealkylation sites (N-methyl/N-ethyl adjacent to an activating group) is 1. The standard InChI is InChI=1S/C10H20N4S/c1-10(2,3)11-5-6-14(4)8-9-7-12-15-13-9/h7,11H,5-6,8H2,1-4H3. The van der Waals surface area contributed by atoms with Gasteiger partial charge >= 0.3 is 0 Å². The van der Waals surface area contributed by atoms with Crippen LogP contribution in [0.3, 0.4) is 0 Å². The van der Waals surface area contributed by atoms with Crippen molar-refractivity contribution in [3.63, 3.8) is 0 Å². The van der Waals surface area contributed by atoms with Crippen LogP contribution in [0, 0.1) is 0 Å². The van der Waals surface area contributed by atoms with Crippen LogP contribution in [0.25, 0.3) is 0 Å². The zero-order valence-corrected chi connectivity index (χ0v) is 10.8. The van der Waals surface area contributed by atoms with Gasteiger partial charge in [0.1, 0.15) is 0 Å². The van der Waals surface area contributed by atoms with Crippen LogP contribution < -0.4 is 5.32 Å². The van der Waals surface area contributed by atoms with E-state index in [2.05, 4.69) is 46.8 Å². The van der Waals surface area contributed by atoms with E-state index in [0.717, 1.165) is 25.3 Å². The van der Waals surface area contributed by atoms with Crippen LogP contribution in [0.5, 0.6) is 0 Å². The number of aromatic nitrogens is 2. The lowest BCUT2D eigenvalue weighted by Crippen LogP contribution is -2.40. The highest BCUT2D eigenvalue weighted by molar-refractivity contribution is 6.99. The van der Waals surface area contributed by atoms with Crippen LogP contribution in [-0.2, 0) is 6.54 Å². The first-order valence-corrected chi connectivity index (χ1v) is 5.90. The fourth-order valence-corrected chi connectivity index (χ4v) is 1.66. The summed E-state index contributed by atoms with van der Waals surface area (Å²) < 4.78 is 8.16. The van der Waals surface area contributed by atoms with Crippen molar-refractivity contribution >= 4 is 11.7 Å². The molecule has 0 saturated heterocycles. The number of nitrogens with one attached hydrogen (secondary N) is 1. The molecule has 0 spiro atoms. The molecule has 4 nitrogen and oxygen atoms in total. The van der Waals surface area contributed by atoms with Crippen molar-refractivity contribution in [1.29, 1.82) is 0 Å². The Morgan fingerprint density at radius 2 is 2.20 bits per heavy atom. The molecule has 0 bridgehead atoms. The van der Waals surface area contributed by atoms with E-state index >= 15 is 0 Å². The molecule has 0 aliphatic heterocycles. The van der Waals surface area contributed by atoms with Crippen molar-refractivity contribution in [2.75, 3.05) is 20.1 Å². The maximum atomic E-state index is 4.18. The van der Waals surface area contributed by atoms with E-state index in [1.807, 2.05) is 6.20 Å². The molecule has 15 heavy (non-hydrogen) atoms. The van der Waals surface area contributed by atoms with Gasteiger partial charge in [0.2, 0.25) is 0 Å². The molecule has 0 saturated carbocycles. The van der Waals surface area contributed by atoms with Gasteiger partial charge in [-0.1, -0.05) is 0 Å². The molecule has 5 heteroatoms. The number of hydrogen-bond donors (Lipinski definition) is 1. The zero-order valence-electron chi connectivity index (χ0n) is 9.95. The van der Waals surface area contributed by atoms with Crippen LogP contribution in [0.1, 0.15) is 26.5 Å². The summed E-state index contributed by atoms with van der Waals surface area (Å²) in [4.78, 5) is 2.25. The predicted molar refractivity (Wildman–Crippen MR) is 64.0 cm³/mol. The first-order chi connectivity index (χ1) is 6.97. The van der Waals surface area contributed by atoms with E-state index < -0.39 is 0 Å². The van der Waals surface area contributed by atoms with Gasteiger partial charge in [-0.3, -0.25) is 4.90 Å². The van der Waals surface area contributed by atoms with Crippen LogP contribution in [0.15, 0.2) is 6.20 Å². The Kier molecular flexibility index (Phi) is 4.63. The molecular formula is C10H20N4S. The van der Waals surface area contributed by atoms with Crippen molar-refractivity contribution < 1.29 is 0 Å². The molecule has 1 heterocycles. The molecule has 86 valence electrons. The Bertz CT molecular complexity index is 265. The van der Waals surface area contributed by atoms with Crippen molar-refractivity contribution in [2.45, 2.75) is 32.9 Å². The Hall–Kier alpha value is -0.520. The number of rotatable bonds is 5. The Balaban J connectivity index is 2.17. The third kappa shape index (κ3) is 5.81. The summed E-state index contributed by atoms with van der Waals surface area (Å²) in [5.74, 6) is 0. The third-order valence-electron chi connectivity index (χ3n) is 1.99. The molecule has 0 unspecified atom stereocenters. The average Bonchev–Trinajstić information content (AvgIpc) is 2.54. The molecule has 1 rings (SSSR count). The first kappa shape index (κ1) is 12.5. The molecule has 1 N–H and O–H groups in total. The molecule has 0 aliphatic rings. The smallest absolute Gasteiger partial charge is 0.0882 e. The first-order valence-electron chi connectivity index (χ1n) is 5.17. The van der Waals surface area contributed by atoms with Gasteiger partial charge in [0.15, 0.2) is 0 Å². The summed E-state index contributed by atoms with van der Waals surface area (Å²) in [5, 5.41) is 3.46. The van der Waals surface area contributed by atoms with E-state index in [1.54, 1.807) is 0 Å². The highest BCUT2D eigenvalue weighted by Gasteiger charge is 2.08. The molecular weight excluding hydrogens is 208 g/mol. The van der Waals surface area contributed by atoms with Crippen LogP contribution >= 0.6 is 11.7 Å². The van der Waals surface area contributed by atoms with Gasteiger partial charge in [-0.05, 0) is 27.8 Å². The normalized spacial score (nSPS) is 12.3. The lowest BCUT2D eigenvalue weighted by molar-refractivity contribution is 0.301. The molecule has 0 aromatic carbocycles. The Morgan fingerprint density at radius 3 is 2.73 bits per heavy atom. The molecule has 0 fully saturated rings. The van der Waals surface area contributed by atoms with Gasteiger partial charge in [0.05, 0.1) is 23.6 Å². The monoisotopic (exact) mass is 228 g/mol. The van der Waals surface area contributed by atoms with Crippen LogP contribution in [0.2, 0.25) is 0 Å². The second kappa shape index (κ2) is 5.53. The van der Waals surface area contributed by atoms with Gasteiger partial charge in [-0.2, -0.15) is 8.75 Å². The number of hydrogen-bond acceptors (Lipinski definition) is 5. The fraction of sp³-hybridized carbons (Fsp3) is 0.800. The van der Waals surface area contributed by atoms with Crippen LogP contribution in [-0.4, -0.2) is 39.3 Å². The minimum Gasteiger partial charge on any atom is -0.311 e. The second-order valence-electron chi connectivity index (χ2n) is 4.81. The maximum Gasteiger partial charge on any atom is 0.0882 e. The van der Waals surface area contributed by atoms with E-state index in [-0.39, 0.29) is 5.54 Å². The highest BCUT2D eigenvalue weighted by Crippen LogP contribution is 2.00. The summed E-state index contributed by atoms with van der Waals surface area (Å²) in [5.41, 5.74) is 1.25. The van der Waals surface area contributed by atoms with Crippen LogP contribution in [0.4, 0.5) is 0 Å². The fourth-order valence-electron chi connectivity index (χ4n) is 1.23. The van der Waals surface area contributed by atoms with Crippen molar-refractivity contribution in [3.8, 4) is 0 Å². The molecule has 0 atom stereocenters. The number of nitrogens with zero attached hydrogens (tertiary/aromatic N) is 3. The zero-order chi connectivity index (χ0) is 11.3. The topological polar surface area (TPSA) is 41.0 Å². The van der Waals surface area contributed by atoms with E-state index in [4.69, 9.17) is 0 Å².